The average Bonchev–Trinajstić information content (AvgIpc) is 3.25. The molecule has 172 valence electrons. The SMILES string of the molecule is CCOC(=O)c1ccc(-n2cc(C#N)c3ccc(OCc4ccccc4)cc32)cc1OCOC. The number of hydrogen-bond donors (Lipinski definition) is 0. The largest absolute Gasteiger partial charge is 0.489 e. The third-order valence-corrected chi connectivity index (χ3v) is 5.22. The molecule has 4 aromatic rings. The molecular weight excluding hydrogens is 432 g/mol. The van der Waals surface area contributed by atoms with Crippen LogP contribution in [-0.2, 0) is 16.1 Å². The van der Waals surface area contributed by atoms with E-state index in [1.54, 1.807) is 31.3 Å². The minimum Gasteiger partial charge on any atom is -0.489 e. The highest BCUT2D eigenvalue weighted by molar-refractivity contribution is 5.93. The summed E-state index contributed by atoms with van der Waals surface area (Å²) in [4.78, 5) is 12.4. The van der Waals surface area contributed by atoms with Crippen molar-refractivity contribution in [2.45, 2.75) is 13.5 Å². The summed E-state index contributed by atoms with van der Waals surface area (Å²) in [5, 5.41) is 10.5. The fourth-order valence-corrected chi connectivity index (χ4v) is 3.62. The van der Waals surface area contributed by atoms with Crippen molar-refractivity contribution in [2.24, 2.45) is 0 Å². The average molecular weight is 456 g/mol. The van der Waals surface area contributed by atoms with Gasteiger partial charge in [-0.2, -0.15) is 5.26 Å². The van der Waals surface area contributed by atoms with Crippen molar-refractivity contribution in [2.75, 3.05) is 20.5 Å². The van der Waals surface area contributed by atoms with Gasteiger partial charge in [-0.05, 0) is 36.8 Å². The molecule has 0 spiro atoms. The first-order valence-electron chi connectivity index (χ1n) is 10.8. The molecule has 0 aliphatic rings. The number of methoxy groups -OCH3 is 1. The molecular formula is C27H24N2O5. The molecule has 1 aromatic heterocycles. The lowest BCUT2D eigenvalue weighted by Crippen LogP contribution is -2.10. The maximum Gasteiger partial charge on any atom is 0.341 e. The lowest BCUT2D eigenvalue weighted by molar-refractivity contribution is 0.0438. The highest BCUT2D eigenvalue weighted by Crippen LogP contribution is 2.31. The third-order valence-electron chi connectivity index (χ3n) is 5.22. The summed E-state index contributed by atoms with van der Waals surface area (Å²) in [6.45, 7) is 2.41. The van der Waals surface area contributed by atoms with E-state index in [-0.39, 0.29) is 13.4 Å². The first kappa shape index (κ1) is 22.9. The Kier molecular flexibility index (Phi) is 7.11. The summed E-state index contributed by atoms with van der Waals surface area (Å²) in [6.07, 6.45) is 1.76. The summed E-state index contributed by atoms with van der Waals surface area (Å²) in [7, 11) is 1.50. The second kappa shape index (κ2) is 10.6. The quantitative estimate of drug-likeness (QED) is 0.253. The van der Waals surface area contributed by atoms with Gasteiger partial charge in [0.1, 0.15) is 29.7 Å². The van der Waals surface area contributed by atoms with E-state index in [2.05, 4.69) is 6.07 Å². The van der Waals surface area contributed by atoms with Crippen molar-refractivity contribution in [3.05, 3.63) is 89.6 Å². The Balaban J connectivity index is 1.73. The van der Waals surface area contributed by atoms with Crippen molar-refractivity contribution in [1.29, 1.82) is 5.26 Å². The van der Waals surface area contributed by atoms with Crippen LogP contribution in [0, 0.1) is 11.3 Å². The normalized spacial score (nSPS) is 10.6. The highest BCUT2D eigenvalue weighted by Gasteiger charge is 2.17. The van der Waals surface area contributed by atoms with Gasteiger partial charge in [-0.15, -0.1) is 0 Å². The van der Waals surface area contributed by atoms with E-state index in [4.69, 9.17) is 18.9 Å². The van der Waals surface area contributed by atoms with Crippen molar-refractivity contribution in [3.8, 4) is 23.3 Å². The Morgan fingerprint density at radius 1 is 1.03 bits per heavy atom. The van der Waals surface area contributed by atoms with Crippen LogP contribution in [0.5, 0.6) is 11.5 Å². The van der Waals surface area contributed by atoms with Gasteiger partial charge in [0.15, 0.2) is 6.79 Å². The number of carbonyl (C=O) groups is 1. The zero-order valence-corrected chi connectivity index (χ0v) is 19.0. The van der Waals surface area contributed by atoms with E-state index >= 15 is 0 Å². The van der Waals surface area contributed by atoms with Crippen molar-refractivity contribution < 1.29 is 23.7 Å². The topological polar surface area (TPSA) is 82.7 Å². The smallest absolute Gasteiger partial charge is 0.341 e. The number of aromatic nitrogens is 1. The van der Waals surface area contributed by atoms with Crippen LogP contribution < -0.4 is 9.47 Å². The van der Waals surface area contributed by atoms with E-state index in [0.29, 0.717) is 34.9 Å². The second-order valence-electron chi connectivity index (χ2n) is 7.43. The number of carbonyl (C=O) groups excluding carboxylic acids is 1. The van der Waals surface area contributed by atoms with Crippen LogP contribution in [0.1, 0.15) is 28.4 Å². The number of rotatable bonds is 9. The minimum atomic E-state index is -0.480. The van der Waals surface area contributed by atoms with Gasteiger partial charge in [-0.25, -0.2) is 4.79 Å². The van der Waals surface area contributed by atoms with Gasteiger partial charge < -0.3 is 23.5 Å². The lowest BCUT2D eigenvalue weighted by atomic mass is 10.1. The molecule has 0 radical (unpaired) electrons. The Morgan fingerprint density at radius 2 is 1.85 bits per heavy atom. The van der Waals surface area contributed by atoms with E-state index in [0.717, 1.165) is 16.5 Å². The van der Waals surface area contributed by atoms with Crippen LogP contribution in [-0.4, -0.2) is 31.0 Å². The van der Waals surface area contributed by atoms with Gasteiger partial charge in [-0.3, -0.25) is 0 Å². The Morgan fingerprint density at radius 3 is 2.59 bits per heavy atom. The molecule has 34 heavy (non-hydrogen) atoms. The zero-order valence-electron chi connectivity index (χ0n) is 19.0. The predicted octanol–water partition coefficient (Wildman–Crippen LogP) is 5.24. The molecule has 0 aliphatic heterocycles. The van der Waals surface area contributed by atoms with Crippen LogP contribution in [0.2, 0.25) is 0 Å². The molecule has 0 amide bonds. The van der Waals surface area contributed by atoms with Crippen LogP contribution >= 0.6 is 0 Å². The maximum absolute atomic E-state index is 12.4. The number of nitriles is 1. The van der Waals surface area contributed by atoms with Gasteiger partial charge in [0.05, 0.1) is 17.7 Å². The first-order chi connectivity index (χ1) is 16.6. The molecule has 7 nitrogen and oxygen atoms in total. The predicted molar refractivity (Wildman–Crippen MR) is 127 cm³/mol. The van der Waals surface area contributed by atoms with Gasteiger partial charge in [0, 0.05) is 36.5 Å². The summed E-state index contributed by atoms with van der Waals surface area (Å²) >= 11 is 0. The number of fused-ring (bicyclic) bond motifs is 1. The Bertz CT molecular complexity index is 1340. The summed E-state index contributed by atoms with van der Waals surface area (Å²) in [5.41, 5.74) is 3.39. The van der Waals surface area contributed by atoms with Crippen molar-refractivity contribution in [1.82, 2.24) is 4.57 Å². The standard InChI is InChI=1S/C27H24N2O5/c1-3-32-27(30)24-11-9-21(13-26(24)34-18-31-2)29-16-20(15-28)23-12-10-22(14-25(23)29)33-17-19-7-5-4-6-8-19/h4-14,16H,3,17-18H2,1-2H3. The molecule has 4 rings (SSSR count). The molecule has 3 aromatic carbocycles. The minimum absolute atomic E-state index is 0.0246. The maximum atomic E-state index is 12.4. The van der Waals surface area contributed by atoms with Crippen LogP contribution in [0.15, 0.2) is 72.9 Å². The molecule has 0 bridgehead atoms. The van der Waals surface area contributed by atoms with E-state index in [1.807, 2.05) is 53.1 Å². The zero-order chi connectivity index (χ0) is 23.9. The fourth-order valence-electron chi connectivity index (χ4n) is 3.62. The molecule has 0 saturated carbocycles. The number of ether oxygens (including phenoxy) is 4. The van der Waals surface area contributed by atoms with Gasteiger partial charge >= 0.3 is 5.97 Å². The molecule has 0 fully saturated rings. The molecule has 0 unspecified atom stereocenters. The fraction of sp³-hybridized carbons (Fsp3) is 0.185. The lowest BCUT2D eigenvalue weighted by Gasteiger charge is -2.13. The van der Waals surface area contributed by atoms with Crippen LogP contribution in [0.4, 0.5) is 0 Å². The van der Waals surface area contributed by atoms with Crippen molar-refractivity contribution in [3.63, 3.8) is 0 Å². The number of esters is 1. The molecule has 0 aliphatic carbocycles. The number of benzene rings is 3. The monoisotopic (exact) mass is 456 g/mol. The summed E-state index contributed by atoms with van der Waals surface area (Å²) < 4.78 is 23.7. The van der Waals surface area contributed by atoms with Crippen LogP contribution in [0.25, 0.3) is 16.6 Å². The Hall–Kier alpha value is -4.28. The van der Waals surface area contributed by atoms with Crippen molar-refractivity contribution >= 4 is 16.9 Å². The van der Waals surface area contributed by atoms with Gasteiger partial charge in [0.25, 0.3) is 0 Å². The van der Waals surface area contributed by atoms with E-state index < -0.39 is 5.97 Å². The van der Waals surface area contributed by atoms with Gasteiger partial charge in [0.2, 0.25) is 0 Å². The highest BCUT2D eigenvalue weighted by atomic mass is 16.7. The second-order valence-corrected chi connectivity index (χ2v) is 7.43. The molecule has 1 heterocycles. The number of hydrogen-bond acceptors (Lipinski definition) is 6. The first-order valence-corrected chi connectivity index (χ1v) is 10.8. The molecule has 0 saturated heterocycles. The number of nitrogens with zero attached hydrogens (tertiary/aromatic N) is 2. The Labute approximate surface area is 197 Å². The van der Waals surface area contributed by atoms with E-state index in [9.17, 15) is 10.1 Å². The third kappa shape index (κ3) is 4.87. The molecule has 7 heteroatoms. The molecule has 0 atom stereocenters. The summed E-state index contributed by atoms with van der Waals surface area (Å²) in [5.74, 6) is 0.528. The van der Waals surface area contributed by atoms with E-state index in [1.165, 1.54) is 7.11 Å². The van der Waals surface area contributed by atoms with Gasteiger partial charge in [-0.1, -0.05) is 30.3 Å². The summed E-state index contributed by atoms with van der Waals surface area (Å²) in [6, 6.07) is 22.9. The van der Waals surface area contributed by atoms with Crippen LogP contribution in [0.3, 0.4) is 0 Å². The molecule has 0 N–H and O–H groups in total.